The standard InChI is InChI=1S/C19H26N2O/c1-2-18-9-5-12-21(14-18)13-11-19(22)15-6-3-4-7-16(15)20-17(19)8-10-18/h3-4,6-7,22H,2,5,8-14H2,1H3/t18-,19-/m0/s1. The summed E-state index contributed by atoms with van der Waals surface area (Å²) in [5.74, 6) is 0. The van der Waals surface area contributed by atoms with Crippen LogP contribution in [0.25, 0.3) is 0 Å². The van der Waals surface area contributed by atoms with Gasteiger partial charge in [-0.25, -0.2) is 0 Å². The van der Waals surface area contributed by atoms with Gasteiger partial charge in [-0.2, -0.15) is 0 Å². The number of rotatable bonds is 1. The molecular weight excluding hydrogens is 272 g/mol. The number of hydrogen-bond donors (Lipinski definition) is 1. The van der Waals surface area contributed by atoms with Crippen molar-refractivity contribution in [2.75, 3.05) is 19.6 Å². The van der Waals surface area contributed by atoms with Gasteiger partial charge in [-0.1, -0.05) is 25.1 Å². The highest BCUT2D eigenvalue weighted by Gasteiger charge is 2.44. The van der Waals surface area contributed by atoms with Crippen LogP contribution in [-0.2, 0) is 5.60 Å². The van der Waals surface area contributed by atoms with Gasteiger partial charge in [-0.15, -0.1) is 0 Å². The molecule has 3 aliphatic rings. The molecule has 2 bridgehead atoms. The molecule has 2 fully saturated rings. The van der Waals surface area contributed by atoms with Crippen molar-refractivity contribution in [2.24, 2.45) is 10.4 Å². The Bertz CT molecular complexity index is 611. The monoisotopic (exact) mass is 298 g/mol. The summed E-state index contributed by atoms with van der Waals surface area (Å²) in [6, 6.07) is 8.13. The summed E-state index contributed by atoms with van der Waals surface area (Å²) in [4.78, 5) is 7.39. The first kappa shape index (κ1) is 14.4. The Hall–Kier alpha value is -1.19. The number of hydrogen-bond acceptors (Lipinski definition) is 3. The molecule has 1 aromatic rings. The zero-order valence-electron chi connectivity index (χ0n) is 13.5. The summed E-state index contributed by atoms with van der Waals surface area (Å²) >= 11 is 0. The lowest BCUT2D eigenvalue weighted by molar-refractivity contribution is 0.0565. The second-order valence-electron chi connectivity index (χ2n) is 7.42. The molecule has 0 unspecified atom stereocenters. The molecule has 3 nitrogen and oxygen atoms in total. The average molecular weight is 298 g/mol. The zero-order chi connectivity index (χ0) is 15.2. The minimum Gasteiger partial charge on any atom is -0.379 e. The predicted octanol–water partition coefficient (Wildman–Crippen LogP) is 3.64. The molecule has 0 aromatic heterocycles. The lowest BCUT2D eigenvalue weighted by Crippen LogP contribution is -2.43. The third-order valence-electron chi connectivity index (χ3n) is 6.25. The molecule has 0 amide bonds. The second-order valence-corrected chi connectivity index (χ2v) is 7.42. The van der Waals surface area contributed by atoms with Crippen LogP contribution >= 0.6 is 0 Å². The first-order valence-corrected chi connectivity index (χ1v) is 8.78. The quantitative estimate of drug-likeness (QED) is 0.859. The maximum absolute atomic E-state index is 11.4. The topological polar surface area (TPSA) is 35.8 Å². The van der Waals surface area contributed by atoms with E-state index < -0.39 is 5.60 Å². The Morgan fingerprint density at radius 2 is 2.05 bits per heavy atom. The number of para-hydroxylation sites is 1. The van der Waals surface area contributed by atoms with Crippen molar-refractivity contribution in [3.8, 4) is 0 Å². The number of benzene rings is 1. The highest BCUT2D eigenvalue weighted by molar-refractivity contribution is 6.00. The van der Waals surface area contributed by atoms with Crippen LogP contribution in [0.1, 0.15) is 51.0 Å². The summed E-state index contributed by atoms with van der Waals surface area (Å²) in [6.45, 7) is 5.70. The lowest BCUT2D eigenvalue weighted by Gasteiger charge is -2.42. The molecule has 1 N–H and O–H groups in total. The van der Waals surface area contributed by atoms with E-state index in [2.05, 4.69) is 17.9 Å². The van der Waals surface area contributed by atoms with Crippen molar-refractivity contribution in [3.05, 3.63) is 29.8 Å². The second kappa shape index (κ2) is 5.17. The fourth-order valence-electron chi connectivity index (χ4n) is 4.73. The summed E-state index contributed by atoms with van der Waals surface area (Å²) in [6.07, 6.45) is 6.75. The van der Waals surface area contributed by atoms with E-state index in [1.807, 2.05) is 18.2 Å². The fourth-order valence-corrected chi connectivity index (χ4v) is 4.73. The van der Waals surface area contributed by atoms with Gasteiger partial charge in [-0.3, -0.25) is 4.99 Å². The van der Waals surface area contributed by atoms with Gasteiger partial charge in [0.15, 0.2) is 0 Å². The minimum absolute atomic E-state index is 0.431. The van der Waals surface area contributed by atoms with Gasteiger partial charge in [-0.05, 0) is 56.6 Å². The van der Waals surface area contributed by atoms with Gasteiger partial charge < -0.3 is 10.0 Å². The van der Waals surface area contributed by atoms with Gasteiger partial charge in [0.1, 0.15) is 5.60 Å². The Morgan fingerprint density at radius 3 is 2.91 bits per heavy atom. The van der Waals surface area contributed by atoms with E-state index in [1.165, 1.54) is 32.4 Å². The molecule has 0 saturated carbocycles. The molecule has 22 heavy (non-hydrogen) atoms. The number of nitrogens with zero attached hydrogens (tertiary/aromatic N) is 2. The summed E-state index contributed by atoms with van der Waals surface area (Å²) < 4.78 is 0. The maximum atomic E-state index is 11.4. The van der Waals surface area contributed by atoms with Crippen molar-refractivity contribution in [3.63, 3.8) is 0 Å². The van der Waals surface area contributed by atoms with E-state index in [9.17, 15) is 5.11 Å². The van der Waals surface area contributed by atoms with Crippen molar-refractivity contribution in [2.45, 2.75) is 51.0 Å². The zero-order valence-corrected chi connectivity index (χ0v) is 13.5. The third-order valence-corrected chi connectivity index (χ3v) is 6.25. The Labute approximate surface area is 133 Å². The molecule has 0 radical (unpaired) electrons. The molecule has 0 aliphatic carbocycles. The van der Waals surface area contributed by atoms with E-state index in [0.717, 1.165) is 42.8 Å². The van der Waals surface area contributed by atoms with E-state index in [0.29, 0.717) is 5.41 Å². The Kier molecular flexibility index (Phi) is 3.39. The van der Waals surface area contributed by atoms with Crippen molar-refractivity contribution >= 4 is 11.4 Å². The first-order valence-electron chi connectivity index (χ1n) is 8.78. The van der Waals surface area contributed by atoms with E-state index in [-0.39, 0.29) is 0 Å². The van der Waals surface area contributed by atoms with E-state index in [4.69, 9.17) is 4.99 Å². The third kappa shape index (κ3) is 2.14. The fraction of sp³-hybridized carbons (Fsp3) is 0.632. The molecule has 118 valence electrons. The van der Waals surface area contributed by atoms with Crippen LogP contribution in [0.3, 0.4) is 0 Å². The molecule has 0 spiro atoms. The molecule has 4 rings (SSSR count). The lowest BCUT2D eigenvalue weighted by atomic mass is 9.73. The highest BCUT2D eigenvalue weighted by Crippen LogP contribution is 2.46. The van der Waals surface area contributed by atoms with Crippen LogP contribution in [0.15, 0.2) is 29.3 Å². The van der Waals surface area contributed by atoms with Crippen molar-refractivity contribution in [1.82, 2.24) is 4.90 Å². The highest BCUT2D eigenvalue weighted by atomic mass is 16.3. The van der Waals surface area contributed by atoms with Crippen LogP contribution < -0.4 is 0 Å². The van der Waals surface area contributed by atoms with Crippen LogP contribution in [-0.4, -0.2) is 35.4 Å². The van der Waals surface area contributed by atoms with Gasteiger partial charge >= 0.3 is 0 Å². The molecule has 3 atom stereocenters. The molecule has 3 aliphatic heterocycles. The Balaban J connectivity index is 1.72. The maximum Gasteiger partial charge on any atom is 0.131 e. The Morgan fingerprint density at radius 1 is 1.18 bits per heavy atom. The van der Waals surface area contributed by atoms with E-state index in [1.54, 1.807) is 0 Å². The largest absolute Gasteiger partial charge is 0.379 e. The molecule has 1 aromatic carbocycles. The number of aliphatic imine (C=N–C) groups is 1. The minimum atomic E-state index is -0.830. The normalized spacial score (nSPS) is 37.4. The summed E-state index contributed by atoms with van der Waals surface area (Å²) in [5.41, 5.74) is 2.61. The first-order chi connectivity index (χ1) is 10.7. The number of fused-ring (bicyclic) bond motifs is 5. The van der Waals surface area contributed by atoms with Crippen molar-refractivity contribution < 1.29 is 5.11 Å². The van der Waals surface area contributed by atoms with Gasteiger partial charge in [0.2, 0.25) is 0 Å². The number of aliphatic hydroxyl groups is 1. The van der Waals surface area contributed by atoms with Crippen LogP contribution in [0.4, 0.5) is 5.69 Å². The van der Waals surface area contributed by atoms with Crippen molar-refractivity contribution in [1.29, 1.82) is 0 Å². The van der Waals surface area contributed by atoms with Crippen LogP contribution in [0.5, 0.6) is 0 Å². The molecule has 2 saturated heterocycles. The molecule has 3 heteroatoms. The van der Waals surface area contributed by atoms with Gasteiger partial charge in [0, 0.05) is 18.7 Å². The van der Waals surface area contributed by atoms with E-state index >= 15 is 0 Å². The SMILES string of the molecule is CC[C@]12CCC[N@@](CC[C@@]3(O)C(=Nc4ccccc43)CC1)C2. The summed E-state index contributed by atoms with van der Waals surface area (Å²) in [7, 11) is 0. The molecule has 3 heterocycles. The van der Waals surface area contributed by atoms with Crippen LogP contribution in [0.2, 0.25) is 0 Å². The summed E-state index contributed by atoms with van der Waals surface area (Å²) in [5, 5.41) is 11.4. The smallest absolute Gasteiger partial charge is 0.131 e. The van der Waals surface area contributed by atoms with Crippen LogP contribution in [0, 0.1) is 5.41 Å². The van der Waals surface area contributed by atoms with Gasteiger partial charge in [0.05, 0.1) is 11.4 Å². The molecular formula is C19H26N2O. The number of piperidine rings is 1. The predicted molar refractivity (Wildman–Crippen MR) is 89.7 cm³/mol. The average Bonchev–Trinajstić information content (AvgIpc) is 2.85. The van der Waals surface area contributed by atoms with Gasteiger partial charge in [0.25, 0.3) is 0 Å².